The monoisotopic (exact) mass is 186 g/mol. The number of hydrogen-bond acceptors (Lipinski definition) is 3. The molecule has 1 aliphatic rings. The molecule has 13 heavy (non-hydrogen) atoms. The van der Waals surface area contributed by atoms with Gasteiger partial charge >= 0.3 is 0 Å². The fraction of sp³-hybridized carbons (Fsp3) is 0.800. The third-order valence-electron chi connectivity index (χ3n) is 2.17. The lowest BCUT2D eigenvalue weighted by Gasteiger charge is -2.20. The van der Waals surface area contributed by atoms with E-state index < -0.39 is 5.79 Å². The number of ether oxygens (including phenoxy) is 3. The van der Waals surface area contributed by atoms with Crippen molar-refractivity contribution in [2.45, 2.75) is 32.2 Å². The van der Waals surface area contributed by atoms with Crippen LogP contribution in [0.15, 0.2) is 12.7 Å². The first-order valence-electron chi connectivity index (χ1n) is 4.70. The maximum Gasteiger partial charge on any atom is 0.165 e. The summed E-state index contributed by atoms with van der Waals surface area (Å²) >= 11 is 0. The highest BCUT2D eigenvalue weighted by atomic mass is 16.7. The minimum atomic E-state index is -0.401. The zero-order valence-corrected chi connectivity index (χ0v) is 8.41. The van der Waals surface area contributed by atoms with E-state index in [4.69, 9.17) is 14.2 Å². The van der Waals surface area contributed by atoms with Crippen LogP contribution in [0.3, 0.4) is 0 Å². The van der Waals surface area contributed by atoms with Crippen LogP contribution >= 0.6 is 0 Å². The molecule has 0 spiro atoms. The van der Waals surface area contributed by atoms with Crippen LogP contribution < -0.4 is 0 Å². The van der Waals surface area contributed by atoms with Gasteiger partial charge in [-0.1, -0.05) is 13.0 Å². The SMILES string of the molecule is C=CCOC[C@H]1CO[C@](C)(CC)O1. The minimum absolute atomic E-state index is 0.0740. The third kappa shape index (κ3) is 3.10. The quantitative estimate of drug-likeness (QED) is 0.483. The number of rotatable bonds is 5. The molecule has 1 aliphatic heterocycles. The molecular formula is C10H18O3. The van der Waals surface area contributed by atoms with E-state index in [0.717, 1.165) is 6.42 Å². The van der Waals surface area contributed by atoms with E-state index in [0.29, 0.717) is 19.8 Å². The minimum Gasteiger partial charge on any atom is -0.375 e. The Morgan fingerprint density at radius 2 is 2.46 bits per heavy atom. The van der Waals surface area contributed by atoms with E-state index in [1.165, 1.54) is 0 Å². The Labute approximate surface area is 79.7 Å². The van der Waals surface area contributed by atoms with Gasteiger partial charge < -0.3 is 14.2 Å². The van der Waals surface area contributed by atoms with Crippen molar-refractivity contribution >= 4 is 0 Å². The van der Waals surface area contributed by atoms with Crippen LogP contribution in [0.25, 0.3) is 0 Å². The van der Waals surface area contributed by atoms with E-state index in [9.17, 15) is 0 Å². The van der Waals surface area contributed by atoms with Crippen molar-refractivity contribution in [3.8, 4) is 0 Å². The lowest BCUT2D eigenvalue weighted by molar-refractivity contribution is -0.160. The second-order valence-corrected chi connectivity index (χ2v) is 3.36. The fourth-order valence-electron chi connectivity index (χ4n) is 1.24. The maximum absolute atomic E-state index is 5.66. The molecule has 0 N–H and O–H groups in total. The van der Waals surface area contributed by atoms with Crippen molar-refractivity contribution in [1.29, 1.82) is 0 Å². The van der Waals surface area contributed by atoms with E-state index in [-0.39, 0.29) is 6.10 Å². The molecule has 0 radical (unpaired) electrons. The van der Waals surface area contributed by atoms with Gasteiger partial charge in [0.2, 0.25) is 0 Å². The summed E-state index contributed by atoms with van der Waals surface area (Å²) < 4.78 is 16.4. The lowest BCUT2D eigenvalue weighted by Crippen LogP contribution is -2.26. The van der Waals surface area contributed by atoms with Gasteiger partial charge in [-0.3, -0.25) is 0 Å². The van der Waals surface area contributed by atoms with Crippen LogP contribution in [0.4, 0.5) is 0 Å². The Bertz CT molecular complexity index is 170. The van der Waals surface area contributed by atoms with Gasteiger partial charge in [-0.15, -0.1) is 6.58 Å². The van der Waals surface area contributed by atoms with E-state index in [1.54, 1.807) is 6.08 Å². The van der Waals surface area contributed by atoms with Crippen molar-refractivity contribution in [3.05, 3.63) is 12.7 Å². The summed E-state index contributed by atoms with van der Waals surface area (Å²) in [6.07, 6.45) is 2.67. The summed E-state index contributed by atoms with van der Waals surface area (Å²) in [6.45, 7) is 9.36. The van der Waals surface area contributed by atoms with Gasteiger partial charge in [-0.2, -0.15) is 0 Å². The second-order valence-electron chi connectivity index (χ2n) is 3.36. The van der Waals surface area contributed by atoms with Crippen LogP contribution in [-0.4, -0.2) is 31.7 Å². The van der Waals surface area contributed by atoms with Gasteiger partial charge in [0.05, 0.1) is 19.8 Å². The van der Waals surface area contributed by atoms with Gasteiger partial charge in [0, 0.05) is 0 Å². The molecule has 1 saturated heterocycles. The lowest BCUT2D eigenvalue weighted by atomic mass is 10.2. The summed E-state index contributed by atoms with van der Waals surface area (Å²) in [6, 6.07) is 0. The summed E-state index contributed by atoms with van der Waals surface area (Å²) in [7, 11) is 0. The summed E-state index contributed by atoms with van der Waals surface area (Å²) in [5.74, 6) is -0.401. The van der Waals surface area contributed by atoms with Crippen molar-refractivity contribution in [2.75, 3.05) is 19.8 Å². The second kappa shape index (κ2) is 4.74. The highest BCUT2D eigenvalue weighted by Crippen LogP contribution is 2.26. The average Bonchev–Trinajstić information content (AvgIpc) is 2.50. The molecule has 3 nitrogen and oxygen atoms in total. The van der Waals surface area contributed by atoms with E-state index in [2.05, 4.69) is 6.58 Å². The molecule has 0 amide bonds. The molecule has 0 aromatic carbocycles. The normalized spacial score (nSPS) is 33.5. The summed E-state index contributed by atoms with van der Waals surface area (Å²) in [4.78, 5) is 0. The molecule has 3 heteroatoms. The first kappa shape index (κ1) is 10.7. The Morgan fingerprint density at radius 1 is 1.69 bits per heavy atom. The highest BCUT2D eigenvalue weighted by Gasteiger charge is 2.35. The fourth-order valence-corrected chi connectivity index (χ4v) is 1.24. The molecule has 0 aromatic rings. The van der Waals surface area contributed by atoms with Crippen LogP contribution in [0.2, 0.25) is 0 Å². The van der Waals surface area contributed by atoms with Crippen molar-refractivity contribution in [1.82, 2.24) is 0 Å². The topological polar surface area (TPSA) is 27.7 Å². The molecule has 1 rings (SSSR count). The molecule has 1 fully saturated rings. The first-order valence-corrected chi connectivity index (χ1v) is 4.70. The maximum atomic E-state index is 5.66. The summed E-state index contributed by atoms with van der Waals surface area (Å²) in [5.41, 5.74) is 0. The van der Waals surface area contributed by atoms with Gasteiger partial charge in [0.15, 0.2) is 5.79 Å². The van der Waals surface area contributed by atoms with E-state index >= 15 is 0 Å². The standard InChI is InChI=1S/C10H18O3/c1-4-6-11-7-9-8-12-10(3,5-2)13-9/h4,9H,1,5-8H2,2-3H3/t9-,10-/m0/s1. The molecular weight excluding hydrogens is 168 g/mol. The Balaban J connectivity index is 2.21. The molecule has 0 saturated carbocycles. The zero-order valence-electron chi connectivity index (χ0n) is 8.41. The molecule has 76 valence electrons. The van der Waals surface area contributed by atoms with Crippen molar-refractivity contribution in [3.63, 3.8) is 0 Å². The molecule has 0 unspecified atom stereocenters. The Hall–Kier alpha value is -0.380. The first-order chi connectivity index (χ1) is 6.20. The smallest absolute Gasteiger partial charge is 0.165 e. The van der Waals surface area contributed by atoms with Crippen LogP contribution in [0, 0.1) is 0 Å². The van der Waals surface area contributed by atoms with Crippen molar-refractivity contribution < 1.29 is 14.2 Å². The van der Waals surface area contributed by atoms with Gasteiger partial charge in [-0.05, 0) is 13.3 Å². The molecule has 1 heterocycles. The van der Waals surface area contributed by atoms with Crippen LogP contribution in [0.1, 0.15) is 20.3 Å². The highest BCUT2D eigenvalue weighted by molar-refractivity contribution is 4.74. The van der Waals surface area contributed by atoms with Crippen LogP contribution in [-0.2, 0) is 14.2 Å². The molecule has 0 aromatic heterocycles. The number of hydrogen-bond donors (Lipinski definition) is 0. The summed E-state index contributed by atoms with van der Waals surface area (Å²) in [5, 5.41) is 0. The van der Waals surface area contributed by atoms with E-state index in [1.807, 2.05) is 13.8 Å². The van der Waals surface area contributed by atoms with Crippen molar-refractivity contribution in [2.24, 2.45) is 0 Å². The zero-order chi connectivity index (χ0) is 9.73. The molecule has 2 atom stereocenters. The largest absolute Gasteiger partial charge is 0.375 e. The van der Waals surface area contributed by atoms with Crippen LogP contribution in [0.5, 0.6) is 0 Å². The predicted molar refractivity (Wildman–Crippen MR) is 50.5 cm³/mol. The van der Waals surface area contributed by atoms with Gasteiger partial charge in [0.1, 0.15) is 6.10 Å². The molecule has 0 aliphatic carbocycles. The predicted octanol–water partition coefficient (Wildman–Crippen LogP) is 1.73. The third-order valence-corrected chi connectivity index (χ3v) is 2.17. The van der Waals surface area contributed by atoms with Gasteiger partial charge in [-0.25, -0.2) is 0 Å². The Kier molecular flexibility index (Phi) is 3.90. The van der Waals surface area contributed by atoms with Gasteiger partial charge in [0.25, 0.3) is 0 Å². The Morgan fingerprint density at radius 3 is 3.00 bits per heavy atom. The average molecular weight is 186 g/mol. The molecule has 0 bridgehead atoms.